The number of carbonyl (C=O) groups is 1. The molecule has 0 aliphatic carbocycles. The smallest absolute Gasteiger partial charge is 0.416 e. The molecule has 5 rings (SSSR count). The molecule has 1 fully saturated rings. The van der Waals surface area contributed by atoms with Gasteiger partial charge in [0.15, 0.2) is 0 Å². The molecule has 3 heterocycles. The Kier molecular flexibility index (Phi) is 10.5. The van der Waals surface area contributed by atoms with Gasteiger partial charge in [-0.1, -0.05) is 6.92 Å². The Morgan fingerprint density at radius 2 is 1.53 bits per heavy atom. The van der Waals surface area contributed by atoms with Crippen LogP contribution in [-0.2, 0) is 29.7 Å². The molecule has 49 heavy (non-hydrogen) atoms. The molecule has 266 valence electrons. The van der Waals surface area contributed by atoms with E-state index in [1.54, 1.807) is 25.6 Å². The van der Waals surface area contributed by atoms with Crippen LogP contribution in [-0.4, -0.2) is 53.3 Å². The Labute approximate surface area is 280 Å². The summed E-state index contributed by atoms with van der Waals surface area (Å²) >= 11 is 1.68. The van der Waals surface area contributed by atoms with E-state index < -0.39 is 59.8 Å². The van der Waals surface area contributed by atoms with Gasteiger partial charge >= 0.3 is 24.6 Å². The second-order valence-corrected chi connectivity index (χ2v) is 12.8. The lowest BCUT2D eigenvalue weighted by atomic mass is 9.89. The number of fused-ring (bicyclic) bond motifs is 1. The molecule has 1 aromatic heterocycles. The minimum Gasteiger partial charge on any atom is -0.449 e. The van der Waals surface area contributed by atoms with Crippen LogP contribution in [0.25, 0.3) is 0 Å². The molecule has 1 N–H and O–H groups in total. The van der Waals surface area contributed by atoms with E-state index in [4.69, 9.17) is 4.74 Å². The maximum atomic E-state index is 13.8. The van der Waals surface area contributed by atoms with E-state index in [0.29, 0.717) is 37.3 Å². The number of nitrogens with zero attached hydrogens (tertiary/aromatic N) is 4. The topological polar surface area (TPSA) is 70.6 Å². The van der Waals surface area contributed by atoms with Crippen molar-refractivity contribution in [2.24, 2.45) is 0 Å². The third kappa shape index (κ3) is 8.29. The van der Waals surface area contributed by atoms with E-state index in [-0.39, 0.29) is 47.6 Å². The number of thioether (sulfide) groups is 1. The fourth-order valence-electron chi connectivity index (χ4n) is 6.01. The lowest BCUT2D eigenvalue weighted by Gasteiger charge is -2.40. The Balaban J connectivity index is 1.58. The van der Waals surface area contributed by atoms with Crippen LogP contribution in [0.1, 0.15) is 66.2 Å². The van der Waals surface area contributed by atoms with Crippen LogP contribution >= 0.6 is 11.8 Å². The third-order valence-corrected chi connectivity index (χ3v) is 9.26. The number of carbonyl (C=O) groups excluding carboxylic acids is 1. The fraction of sp³-hybridized carbons (Fsp3) is 0.469. The molecule has 17 heteroatoms. The number of halogens is 9. The fourth-order valence-corrected chi connectivity index (χ4v) is 6.91. The lowest BCUT2D eigenvalue weighted by Crippen LogP contribution is -2.46. The van der Waals surface area contributed by atoms with Gasteiger partial charge in [-0.25, -0.2) is 14.8 Å². The summed E-state index contributed by atoms with van der Waals surface area (Å²) in [6, 6.07) is 2.97. The van der Waals surface area contributed by atoms with Gasteiger partial charge in [0.05, 0.1) is 52.6 Å². The van der Waals surface area contributed by atoms with Crippen LogP contribution < -0.4 is 15.1 Å². The van der Waals surface area contributed by atoms with Crippen molar-refractivity contribution >= 4 is 35.2 Å². The zero-order valence-electron chi connectivity index (χ0n) is 26.3. The number of anilines is 3. The maximum absolute atomic E-state index is 13.8. The molecule has 1 saturated heterocycles. The summed E-state index contributed by atoms with van der Waals surface area (Å²) in [6.45, 7) is 4.50. The van der Waals surface area contributed by atoms with E-state index in [0.717, 1.165) is 23.6 Å². The summed E-state index contributed by atoms with van der Waals surface area (Å²) < 4.78 is 129. The molecule has 2 aliphatic heterocycles. The Bertz CT molecular complexity index is 1630. The quantitative estimate of drug-likeness (QED) is 0.244. The monoisotopic (exact) mass is 721 g/mol. The van der Waals surface area contributed by atoms with Gasteiger partial charge in [-0.2, -0.15) is 51.3 Å². The molecule has 0 saturated carbocycles. The van der Waals surface area contributed by atoms with Crippen molar-refractivity contribution in [2.45, 2.75) is 63.7 Å². The second kappa shape index (κ2) is 14.2. The molecule has 0 bridgehead atoms. The zero-order chi connectivity index (χ0) is 35.7. The highest BCUT2D eigenvalue weighted by Crippen LogP contribution is 2.43. The van der Waals surface area contributed by atoms with Crippen LogP contribution in [0.3, 0.4) is 0 Å². The van der Waals surface area contributed by atoms with Crippen molar-refractivity contribution in [3.05, 3.63) is 76.1 Å². The summed E-state index contributed by atoms with van der Waals surface area (Å²) in [6.07, 6.45) is -14.0. The van der Waals surface area contributed by atoms with Crippen molar-refractivity contribution in [3.63, 3.8) is 0 Å². The van der Waals surface area contributed by atoms with Crippen molar-refractivity contribution in [1.82, 2.24) is 9.97 Å². The highest BCUT2D eigenvalue weighted by atomic mass is 32.2. The normalized spacial score (nSPS) is 18.7. The number of hydrogen-bond acceptors (Lipinski definition) is 7. The lowest BCUT2D eigenvalue weighted by molar-refractivity contribution is -0.143. The molecule has 2 aliphatic rings. The minimum absolute atomic E-state index is 0.0401. The van der Waals surface area contributed by atoms with E-state index in [9.17, 15) is 44.3 Å². The first kappa shape index (κ1) is 36.4. The number of aromatic nitrogens is 2. The highest BCUT2D eigenvalue weighted by Gasteiger charge is 2.40. The number of amides is 1. The van der Waals surface area contributed by atoms with Crippen LogP contribution in [0, 0.1) is 0 Å². The summed E-state index contributed by atoms with van der Waals surface area (Å²) in [7, 11) is 0. The summed E-state index contributed by atoms with van der Waals surface area (Å²) in [5.41, 5.74) is -3.31. The molecule has 0 spiro atoms. The number of alkyl halides is 9. The summed E-state index contributed by atoms with van der Waals surface area (Å²) in [5, 5.41) is 3.05. The van der Waals surface area contributed by atoms with E-state index >= 15 is 0 Å². The second-order valence-electron chi connectivity index (χ2n) is 11.6. The molecule has 2 aromatic carbocycles. The van der Waals surface area contributed by atoms with Crippen molar-refractivity contribution in [1.29, 1.82) is 0 Å². The zero-order valence-corrected chi connectivity index (χ0v) is 27.1. The van der Waals surface area contributed by atoms with Crippen LogP contribution in [0.15, 0.2) is 42.6 Å². The minimum atomic E-state index is -5.04. The molecule has 0 unspecified atom stereocenters. The van der Waals surface area contributed by atoms with E-state index in [1.165, 1.54) is 17.2 Å². The highest BCUT2D eigenvalue weighted by molar-refractivity contribution is 7.99. The Morgan fingerprint density at radius 1 is 0.898 bits per heavy atom. The summed E-state index contributed by atoms with van der Waals surface area (Å²) in [5.74, 6) is 1.34. The average molecular weight is 722 g/mol. The molecule has 1 amide bonds. The molecule has 7 nitrogen and oxygen atoms in total. The number of nitrogens with one attached hydrogen (secondary N) is 1. The molecular formula is C32H32F9N5O2S. The number of hydrogen-bond donors (Lipinski definition) is 1. The first-order valence-electron chi connectivity index (χ1n) is 15.4. The van der Waals surface area contributed by atoms with Gasteiger partial charge in [-0.05, 0) is 67.3 Å². The first-order chi connectivity index (χ1) is 23.0. The number of ether oxygens (including phenoxy) is 1. The van der Waals surface area contributed by atoms with Gasteiger partial charge in [0.2, 0.25) is 5.95 Å². The van der Waals surface area contributed by atoms with Gasteiger partial charge in [-0.15, -0.1) is 0 Å². The standard InChI is InChI=1S/C32H32F9N5O2S/c1-3-22-16-24(23-15-19(30(33,34)35)5-6-26(23)46(22)29(47)48-4-2)43-28-42-17-27(45-7-9-49-10-8-45)25(44-28)13-18-11-20(31(36,37)38)14-21(12-18)32(39,40)41/h5-6,11-12,14-15,17,22,24H,3-4,7-10,13,16H2,1-2H3,(H,42,43,44)/t22-,24+/m1/s1. The predicted octanol–water partition coefficient (Wildman–Crippen LogP) is 8.98. The van der Waals surface area contributed by atoms with Crippen molar-refractivity contribution in [3.8, 4) is 0 Å². The van der Waals surface area contributed by atoms with Gasteiger partial charge in [0.25, 0.3) is 0 Å². The van der Waals surface area contributed by atoms with Gasteiger partial charge in [0, 0.05) is 37.1 Å². The largest absolute Gasteiger partial charge is 0.449 e. The average Bonchev–Trinajstić information content (AvgIpc) is 3.03. The van der Waals surface area contributed by atoms with Crippen LogP contribution in [0.4, 0.5) is 61.6 Å². The maximum Gasteiger partial charge on any atom is 0.416 e. The summed E-state index contributed by atoms with van der Waals surface area (Å²) in [4.78, 5) is 25.1. The van der Waals surface area contributed by atoms with E-state index in [1.807, 2.05) is 4.90 Å². The van der Waals surface area contributed by atoms with Gasteiger partial charge in [-0.3, -0.25) is 4.90 Å². The molecule has 3 aromatic rings. The molecular weight excluding hydrogens is 689 g/mol. The van der Waals surface area contributed by atoms with Crippen molar-refractivity contribution in [2.75, 3.05) is 46.3 Å². The first-order valence-corrected chi connectivity index (χ1v) is 16.6. The Hall–Kier alpha value is -3.89. The van der Waals surface area contributed by atoms with E-state index in [2.05, 4.69) is 15.3 Å². The third-order valence-electron chi connectivity index (χ3n) is 8.32. The predicted molar refractivity (Wildman–Crippen MR) is 167 cm³/mol. The van der Waals surface area contributed by atoms with Crippen molar-refractivity contribution < 1.29 is 49.0 Å². The number of rotatable bonds is 7. The number of benzene rings is 2. The van der Waals surface area contributed by atoms with Crippen LogP contribution in [0.2, 0.25) is 0 Å². The van der Waals surface area contributed by atoms with Gasteiger partial charge < -0.3 is 15.0 Å². The Morgan fingerprint density at radius 3 is 2.10 bits per heavy atom. The molecule has 0 radical (unpaired) electrons. The van der Waals surface area contributed by atoms with Crippen LogP contribution in [0.5, 0.6) is 0 Å². The van der Waals surface area contributed by atoms with Gasteiger partial charge in [0.1, 0.15) is 0 Å². The molecule has 2 atom stereocenters. The SMILES string of the molecule is CCOC(=O)N1c2ccc(C(F)(F)F)cc2[C@@H](Nc2ncc(N3CCSCC3)c(Cc3cc(C(F)(F)F)cc(C(F)(F)F)c3)n2)C[C@H]1CC.